The number of carboxylic acid groups (broad SMARTS) is 1. The van der Waals surface area contributed by atoms with E-state index in [0.29, 0.717) is 42.3 Å². The van der Waals surface area contributed by atoms with Crippen molar-refractivity contribution in [2.24, 2.45) is 11.8 Å². The lowest BCUT2D eigenvalue weighted by Crippen LogP contribution is -2.37. The van der Waals surface area contributed by atoms with E-state index in [2.05, 4.69) is 10.6 Å². The van der Waals surface area contributed by atoms with Gasteiger partial charge in [-0.1, -0.05) is 6.42 Å². The normalized spacial score (nSPS) is 17.5. The quantitative estimate of drug-likeness (QED) is 0.300. The highest BCUT2D eigenvalue weighted by atomic mass is 16.5. The lowest BCUT2D eigenvalue weighted by Gasteiger charge is -2.28. The number of carbonyl (C=O) groups excluding carboxylic acids is 2. The van der Waals surface area contributed by atoms with E-state index in [4.69, 9.17) is 14.3 Å². The Labute approximate surface area is 210 Å². The Kier molecular flexibility index (Phi) is 9.90. The molecule has 1 heterocycles. The molecule has 0 atom stereocenters. The van der Waals surface area contributed by atoms with Crippen LogP contribution in [0.1, 0.15) is 62.5 Å². The summed E-state index contributed by atoms with van der Waals surface area (Å²) in [7, 11) is 1.54. The molecule has 3 rings (SSSR count). The molecule has 1 aromatic heterocycles. The molecule has 9 heteroatoms. The van der Waals surface area contributed by atoms with E-state index in [-0.39, 0.29) is 30.6 Å². The third-order valence-electron chi connectivity index (χ3n) is 7.00. The predicted octanol–water partition coefficient (Wildman–Crippen LogP) is 3.34. The van der Waals surface area contributed by atoms with Gasteiger partial charge in [0.1, 0.15) is 11.3 Å². The van der Waals surface area contributed by atoms with Crippen LogP contribution in [0.3, 0.4) is 0 Å². The van der Waals surface area contributed by atoms with E-state index >= 15 is 0 Å². The largest absolute Gasteiger partial charge is 0.497 e. The van der Waals surface area contributed by atoms with Crippen molar-refractivity contribution in [3.8, 4) is 5.75 Å². The first-order valence-electron chi connectivity index (χ1n) is 12.6. The van der Waals surface area contributed by atoms with Gasteiger partial charge >= 0.3 is 11.6 Å². The van der Waals surface area contributed by atoms with Crippen molar-refractivity contribution < 1.29 is 28.6 Å². The predicted molar refractivity (Wildman–Crippen MR) is 135 cm³/mol. The van der Waals surface area contributed by atoms with Gasteiger partial charge in [-0.05, 0) is 69.1 Å². The Morgan fingerprint density at radius 1 is 1.08 bits per heavy atom. The maximum atomic E-state index is 12.6. The maximum absolute atomic E-state index is 12.6. The minimum absolute atomic E-state index is 0.0144. The molecule has 2 aromatic rings. The number of rotatable bonds is 12. The van der Waals surface area contributed by atoms with Gasteiger partial charge in [-0.3, -0.25) is 14.4 Å². The monoisotopic (exact) mass is 500 g/mol. The van der Waals surface area contributed by atoms with Crippen molar-refractivity contribution in [1.29, 1.82) is 0 Å². The third kappa shape index (κ3) is 7.57. The molecule has 0 bridgehead atoms. The molecule has 1 aliphatic carbocycles. The van der Waals surface area contributed by atoms with E-state index in [9.17, 15) is 19.2 Å². The lowest BCUT2D eigenvalue weighted by molar-refractivity contribution is -0.137. The molecule has 9 nitrogen and oxygen atoms in total. The number of hydrogen-bond acceptors (Lipinski definition) is 6. The standard InChI is InChI=1S/C27H36N2O7/c1-17-21-12-11-20(35-2)14-23(21)36-27(34)22(17)15-24(30)29-16-18-7-9-19(10-8-18)26(33)28-13-5-3-4-6-25(31)32/h11-12,14,18-19H,3-10,13,15-16H2,1-2H3,(H,28,33)(H,29,30)(H,31,32). The topological polar surface area (TPSA) is 135 Å². The number of amides is 2. The van der Waals surface area contributed by atoms with Gasteiger partial charge in [0.05, 0.1) is 19.1 Å². The second kappa shape index (κ2) is 13.1. The molecule has 36 heavy (non-hydrogen) atoms. The zero-order chi connectivity index (χ0) is 26.1. The number of hydrogen-bond donors (Lipinski definition) is 3. The van der Waals surface area contributed by atoms with Gasteiger partial charge in [0.15, 0.2) is 0 Å². The van der Waals surface area contributed by atoms with Crippen LogP contribution in [0.15, 0.2) is 27.4 Å². The average Bonchev–Trinajstić information content (AvgIpc) is 2.87. The molecule has 0 aliphatic heterocycles. The zero-order valence-corrected chi connectivity index (χ0v) is 21.1. The van der Waals surface area contributed by atoms with Crippen LogP contribution in [0.25, 0.3) is 11.0 Å². The first-order chi connectivity index (χ1) is 17.3. The van der Waals surface area contributed by atoms with E-state index in [1.165, 1.54) is 0 Å². The molecule has 1 fully saturated rings. The van der Waals surface area contributed by atoms with Crippen LogP contribution in [-0.2, 0) is 20.8 Å². The molecule has 0 spiro atoms. The van der Waals surface area contributed by atoms with Gasteiger partial charge in [0, 0.05) is 36.9 Å². The molecule has 0 unspecified atom stereocenters. The van der Waals surface area contributed by atoms with Crippen LogP contribution >= 0.6 is 0 Å². The summed E-state index contributed by atoms with van der Waals surface area (Å²) in [5.74, 6) is -0.0681. The van der Waals surface area contributed by atoms with Crippen molar-refractivity contribution in [2.45, 2.75) is 64.7 Å². The summed E-state index contributed by atoms with van der Waals surface area (Å²) < 4.78 is 10.6. The summed E-state index contributed by atoms with van der Waals surface area (Å²) in [5.41, 5.74) is 0.998. The first kappa shape index (κ1) is 27.2. The van der Waals surface area contributed by atoms with Gasteiger partial charge in [-0.25, -0.2) is 4.79 Å². The number of ether oxygens (including phenoxy) is 1. The van der Waals surface area contributed by atoms with Crippen molar-refractivity contribution in [3.63, 3.8) is 0 Å². The minimum atomic E-state index is -0.789. The van der Waals surface area contributed by atoms with Gasteiger partial charge in [0.25, 0.3) is 0 Å². The van der Waals surface area contributed by atoms with Crippen LogP contribution in [0.5, 0.6) is 5.75 Å². The van der Waals surface area contributed by atoms with Gasteiger partial charge < -0.3 is 24.9 Å². The SMILES string of the molecule is COc1ccc2c(C)c(CC(=O)NCC3CCC(C(=O)NCCCCCC(=O)O)CC3)c(=O)oc2c1. The smallest absolute Gasteiger partial charge is 0.340 e. The number of aliphatic carboxylic acids is 1. The van der Waals surface area contributed by atoms with Crippen molar-refractivity contribution >= 4 is 28.8 Å². The fourth-order valence-electron chi connectivity index (χ4n) is 4.75. The second-order valence-electron chi connectivity index (χ2n) is 9.55. The Bertz CT molecular complexity index is 1130. The fourth-order valence-corrected chi connectivity index (χ4v) is 4.75. The van der Waals surface area contributed by atoms with E-state index in [0.717, 1.165) is 49.5 Å². The van der Waals surface area contributed by atoms with Crippen molar-refractivity contribution in [1.82, 2.24) is 10.6 Å². The minimum Gasteiger partial charge on any atom is -0.497 e. The Hall–Kier alpha value is -3.36. The van der Waals surface area contributed by atoms with E-state index in [1.54, 1.807) is 19.2 Å². The van der Waals surface area contributed by atoms with Crippen LogP contribution in [0, 0.1) is 18.8 Å². The Morgan fingerprint density at radius 2 is 1.83 bits per heavy atom. The van der Waals surface area contributed by atoms with Gasteiger partial charge in [-0.15, -0.1) is 0 Å². The average molecular weight is 501 g/mol. The molecule has 1 aromatic carbocycles. The van der Waals surface area contributed by atoms with Crippen molar-refractivity contribution in [3.05, 3.63) is 39.7 Å². The number of unbranched alkanes of at least 4 members (excludes halogenated alkanes) is 2. The summed E-state index contributed by atoms with van der Waals surface area (Å²) in [5, 5.41) is 15.3. The summed E-state index contributed by atoms with van der Waals surface area (Å²) in [6.07, 6.45) is 5.59. The molecular formula is C27H36N2O7. The number of aryl methyl sites for hydroxylation is 1. The second-order valence-corrected chi connectivity index (χ2v) is 9.55. The Morgan fingerprint density at radius 3 is 2.53 bits per heavy atom. The van der Waals surface area contributed by atoms with Crippen LogP contribution in [0.2, 0.25) is 0 Å². The fraction of sp³-hybridized carbons (Fsp3) is 0.556. The maximum Gasteiger partial charge on any atom is 0.340 e. The summed E-state index contributed by atoms with van der Waals surface area (Å²) in [6.45, 7) is 2.91. The zero-order valence-electron chi connectivity index (χ0n) is 21.1. The number of carboxylic acids is 1. The third-order valence-corrected chi connectivity index (χ3v) is 7.00. The Balaban J connectivity index is 1.40. The van der Waals surface area contributed by atoms with Gasteiger partial charge in [0.2, 0.25) is 11.8 Å². The van der Waals surface area contributed by atoms with Crippen LogP contribution in [0.4, 0.5) is 0 Å². The van der Waals surface area contributed by atoms with Gasteiger partial charge in [-0.2, -0.15) is 0 Å². The summed E-state index contributed by atoms with van der Waals surface area (Å²) in [6, 6.07) is 5.27. The number of methoxy groups -OCH3 is 1. The first-order valence-corrected chi connectivity index (χ1v) is 12.6. The van der Waals surface area contributed by atoms with Crippen LogP contribution in [-0.4, -0.2) is 43.1 Å². The summed E-state index contributed by atoms with van der Waals surface area (Å²) in [4.78, 5) is 48.0. The van der Waals surface area contributed by atoms with E-state index in [1.807, 2.05) is 13.0 Å². The highest BCUT2D eigenvalue weighted by Gasteiger charge is 2.26. The molecule has 1 aliphatic rings. The molecule has 3 N–H and O–H groups in total. The number of carbonyl (C=O) groups is 3. The molecule has 2 amide bonds. The molecule has 0 saturated heterocycles. The molecule has 0 radical (unpaired) electrons. The molecule has 196 valence electrons. The van der Waals surface area contributed by atoms with Crippen molar-refractivity contribution in [2.75, 3.05) is 20.2 Å². The van der Waals surface area contributed by atoms with E-state index < -0.39 is 11.6 Å². The summed E-state index contributed by atoms with van der Waals surface area (Å²) >= 11 is 0. The number of benzene rings is 1. The lowest BCUT2D eigenvalue weighted by atomic mass is 9.81. The number of nitrogens with one attached hydrogen (secondary N) is 2. The van der Waals surface area contributed by atoms with Crippen LogP contribution < -0.4 is 21.0 Å². The molecular weight excluding hydrogens is 464 g/mol. The molecule has 1 saturated carbocycles. The number of fused-ring (bicyclic) bond motifs is 1. The highest BCUT2D eigenvalue weighted by molar-refractivity contribution is 5.85. The highest BCUT2D eigenvalue weighted by Crippen LogP contribution is 2.29.